The molecule has 0 rings (SSSR count). The van der Waals surface area contributed by atoms with Crippen molar-refractivity contribution in [1.29, 1.82) is 0 Å². The number of carboxylic acids is 3. The normalized spacial score (nSPS) is 16.5. The first-order valence-corrected chi connectivity index (χ1v) is 10.3. The molecule has 0 saturated heterocycles. The highest BCUT2D eigenvalue weighted by atomic mass is 16.4. The van der Waals surface area contributed by atoms with Gasteiger partial charge in [0.2, 0.25) is 0 Å². The van der Waals surface area contributed by atoms with Crippen LogP contribution in [-0.2, 0) is 14.4 Å². The number of allylic oxidation sites excluding steroid dienone is 1. The maximum atomic E-state index is 11.7. The van der Waals surface area contributed by atoms with Gasteiger partial charge in [-0.05, 0) is 46.5 Å². The Kier molecular flexibility index (Phi) is 12.4. The smallest absolute Gasteiger partial charge is 0.362 e. The minimum Gasteiger partial charge on any atom is -0.544 e. The Morgan fingerprint density at radius 1 is 0.821 bits per heavy atom. The molecular weight excluding hydrogens is 362 g/mol. The summed E-state index contributed by atoms with van der Waals surface area (Å²) in [5, 5.41) is 30.6. The number of nitrogens with zero attached hydrogens (tertiary/aromatic N) is 1. The van der Waals surface area contributed by atoms with E-state index in [1.165, 1.54) is 33.6 Å². The minimum atomic E-state index is -1.43. The molecule has 7 heteroatoms. The van der Waals surface area contributed by atoms with Crippen molar-refractivity contribution in [3.05, 3.63) is 12.7 Å². The van der Waals surface area contributed by atoms with Gasteiger partial charge in [0.15, 0.2) is 12.1 Å². The number of quaternary nitrogens is 1. The van der Waals surface area contributed by atoms with Crippen molar-refractivity contribution >= 4 is 17.9 Å². The number of carbonyl (C=O) groups excluding carboxylic acids is 1. The number of carboxylic acid groups (broad SMARTS) is 3. The van der Waals surface area contributed by atoms with E-state index in [9.17, 15) is 29.7 Å². The van der Waals surface area contributed by atoms with Crippen molar-refractivity contribution in [3.63, 3.8) is 0 Å². The zero-order valence-corrected chi connectivity index (χ0v) is 17.6. The van der Waals surface area contributed by atoms with Gasteiger partial charge in [0, 0.05) is 0 Å². The Bertz CT molecular complexity index is 469. The van der Waals surface area contributed by atoms with E-state index >= 15 is 0 Å². The van der Waals surface area contributed by atoms with Crippen LogP contribution >= 0.6 is 0 Å². The summed E-state index contributed by atoms with van der Waals surface area (Å²) in [6, 6.07) is -3.56. The predicted molar refractivity (Wildman–Crippen MR) is 106 cm³/mol. The van der Waals surface area contributed by atoms with E-state index in [4.69, 9.17) is 0 Å². The van der Waals surface area contributed by atoms with Crippen molar-refractivity contribution in [3.8, 4) is 0 Å². The van der Waals surface area contributed by atoms with Crippen LogP contribution in [0.25, 0.3) is 0 Å². The van der Waals surface area contributed by atoms with Crippen LogP contribution in [-0.4, -0.2) is 57.3 Å². The predicted octanol–water partition coefficient (Wildman–Crippen LogP) is 2.58. The molecule has 3 atom stereocenters. The third kappa shape index (κ3) is 7.62. The SMILES string of the molecule is C=CCCCCCCCCCC[N+](C(C)C(=O)[O-])(C(C)C(=O)O)C(C)C(=O)O. The molecule has 2 N–H and O–H groups in total. The van der Waals surface area contributed by atoms with Crippen LogP contribution < -0.4 is 5.11 Å². The van der Waals surface area contributed by atoms with Gasteiger partial charge in [0.1, 0.15) is 6.04 Å². The minimum absolute atomic E-state index is 0.176. The highest BCUT2D eigenvalue weighted by molar-refractivity contribution is 5.76. The quantitative estimate of drug-likeness (QED) is 0.221. The molecule has 0 aliphatic rings. The summed E-state index contributed by atoms with van der Waals surface area (Å²) in [6.45, 7) is 7.98. The van der Waals surface area contributed by atoms with Crippen LogP contribution in [0.5, 0.6) is 0 Å². The molecule has 0 radical (unpaired) electrons. The van der Waals surface area contributed by atoms with Crippen LogP contribution in [0.2, 0.25) is 0 Å². The summed E-state index contributed by atoms with van der Waals surface area (Å²) >= 11 is 0. The lowest BCUT2D eigenvalue weighted by molar-refractivity contribution is -0.969. The highest BCUT2D eigenvalue weighted by Gasteiger charge is 2.50. The second-order valence-corrected chi connectivity index (χ2v) is 7.65. The van der Waals surface area contributed by atoms with E-state index in [1.807, 2.05) is 6.08 Å². The van der Waals surface area contributed by atoms with E-state index in [2.05, 4.69) is 6.58 Å². The van der Waals surface area contributed by atoms with Crippen molar-refractivity contribution in [2.75, 3.05) is 6.54 Å². The van der Waals surface area contributed by atoms with Crippen LogP contribution in [0.15, 0.2) is 12.7 Å². The van der Waals surface area contributed by atoms with Gasteiger partial charge in [0.05, 0.1) is 12.5 Å². The molecule has 7 nitrogen and oxygen atoms in total. The number of unbranched alkanes of at least 4 members (excludes halogenated alkanes) is 8. The molecule has 0 aromatic rings. The number of hydrogen-bond donors (Lipinski definition) is 2. The molecule has 0 saturated carbocycles. The zero-order chi connectivity index (χ0) is 21.7. The molecule has 3 unspecified atom stereocenters. The lowest BCUT2D eigenvalue weighted by atomic mass is 10.00. The maximum Gasteiger partial charge on any atom is 0.362 e. The Morgan fingerprint density at radius 3 is 1.57 bits per heavy atom. The Morgan fingerprint density at radius 2 is 1.21 bits per heavy atom. The topological polar surface area (TPSA) is 115 Å². The molecular formula is C21H37NO6. The third-order valence-electron chi connectivity index (χ3n) is 5.92. The lowest BCUT2D eigenvalue weighted by Gasteiger charge is -2.49. The Balaban J connectivity index is 4.90. The molecule has 0 aliphatic carbocycles. The molecule has 0 fully saturated rings. The molecule has 0 heterocycles. The molecule has 0 aromatic carbocycles. The zero-order valence-electron chi connectivity index (χ0n) is 17.6. The van der Waals surface area contributed by atoms with Gasteiger partial charge in [-0.3, -0.25) is 4.48 Å². The van der Waals surface area contributed by atoms with E-state index in [0.29, 0.717) is 6.42 Å². The van der Waals surface area contributed by atoms with Gasteiger partial charge in [-0.2, -0.15) is 0 Å². The summed E-state index contributed by atoms with van der Waals surface area (Å²) in [6.07, 6.45) is 11.0. The van der Waals surface area contributed by atoms with Crippen LogP contribution in [0.1, 0.15) is 78.6 Å². The molecule has 0 aliphatic heterocycles. The van der Waals surface area contributed by atoms with E-state index in [1.54, 1.807) is 0 Å². The molecule has 0 bridgehead atoms. The van der Waals surface area contributed by atoms with E-state index < -0.39 is 40.5 Å². The average Bonchev–Trinajstić information content (AvgIpc) is 2.64. The summed E-state index contributed by atoms with van der Waals surface area (Å²) in [4.78, 5) is 34.9. The molecule has 28 heavy (non-hydrogen) atoms. The Hall–Kier alpha value is -1.89. The van der Waals surface area contributed by atoms with Crippen LogP contribution in [0, 0.1) is 0 Å². The fraction of sp³-hybridized carbons (Fsp3) is 0.762. The van der Waals surface area contributed by atoms with Gasteiger partial charge in [-0.1, -0.05) is 38.2 Å². The Labute approximate surface area is 168 Å². The first-order valence-electron chi connectivity index (χ1n) is 10.3. The summed E-state index contributed by atoms with van der Waals surface area (Å²) in [5.74, 6) is -3.85. The number of aliphatic carboxylic acids is 3. The fourth-order valence-electron chi connectivity index (χ4n) is 3.93. The van der Waals surface area contributed by atoms with E-state index in [-0.39, 0.29) is 6.54 Å². The van der Waals surface area contributed by atoms with Crippen molar-refractivity contribution in [2.24, 2.45) is 0 Å². The van der Waals surface area contributed by atoms with Gasteiger partial charge in [0.25, 0.3) is 0 Å². The largest absolute Gasteiger partial charge is 0.544 e. The maximum absolute atomic E-state index is 11.7. The van der Waals surface area contributed by atoms with Crippen molar-refractivity contribution in [1.82, 2.24) is 0 Å². The lowest BCUT2D eigenvalue weighted by Crippen LogP contribution is -2.72. The van der Waals surface area contributed by atoms with Gasteiger partial charge in [-0.25, -0.2) is 9.59 Å². The first kappa shape index (κ1) is 26.1. The fourth-order valence-corrected chi connectivity index (χ4v) is 3.93. The second-order valence-electron chi connectivity index (χ2n) is 7.65. The monoisotopic (exact) mass is 399 g/mol. The second kappa shape index (κ2) is 13.3. The van der Waals surface area contributed by atoms with E-state index in [0.717, 1.165) is 38.5 Å². The molecule has 0 amide bonds. The van der Waals surface area contributed by atoms with Crippen LogP contribution in [0.4, 0.5) is 0 Å². The summed E-state index contributed by atoms with van der Waals surface area (Å²) in [7, 11) is 0. The number of carbonyl (C=O) groups is 3. The highest BCUT2D eigenvalue weighted by Crippen LogP contribution is 2.27. The van der Waals surface area contributed by atoms with Gasteiger partial charge >= 0.3 is 11.9 Å². The summed E-state index contributed by atoms with van der Waals surface area (Å²) in [5.41, 5.74) is 0. The van der Waals surface area contributed by atoms with Gasteiger partial charge in [-0.15, -0.1) is 6.58 Å². The molecule has 0 aromatic heterocycles. The van der Waals surface area contributed by atoms with Crippen LogP contribution in [0.3, 0.4) is 0 Å². The van der Waals surface area contributed by atoms with Gasteiger partial charge < -0.3 is 20.1 Å². The standard InChI is InChI=1S/C21H37NO6/c1-5-6-7-8-9-10-11-12-13-14-15-22(16(2)19(23)24,17(3)20(25)26)18(4)21(27)28/h5,16-18H,1,6-15H2,2-4H3,(H2-,23,24,25,26,27,28). The number of rotatable bonds is 17. The molecule has 162 valence electrons. The van der Waals surface area contributed by atoms with Crippen molar-refractivity contribution in [2.45, 2.75) is 96.7 Å². The summed E-state index contributed by atoms with van der Waals surface area (Å²) < 4.78 is -0.547. The first-order chi connectivity index (χ1) is 13.1. The molecule has 0 spiro atoms. The third-order valence-corrected chi connectivity index (χ3v) is 5.92. The average molecular weight is 400 g/mol. The number of hydrogen-bond acceptors (Lipinski definition) is 4. The van der Waals surface area contributed by atoms with Crippen molar-refractivity contribution < 1.29 is 34.2 Å².